The number of nitrogens with one attached hydrogen (secondary N) is 2. The van der Waals surface area contributed by atoms with E-state index in [1.54, 1.807) is 18.2 Å². The van der Waals surface area contributed by atoms with E-state index >= 15 is 0 Å². The molecule has 1 fully saturated rings. The van der Waals surface area contributed by atoms with E-state index in [0.717, 1.165) is 29.8 Å². The first kappa shape index (κ1) is 19.7. The summed E-state index contributed by atoms with van der Waals surface area (Å²) in [5.41, 5.74) is 2.27. The van der Waals surface area contributed by atoms with Crippen LogP contribution in [0.4, 0.5) is 5.69 Å². The van der Waals surface area contributed by atoms with Crippen molar-refractivity contribution in [1.82, 2.24) is 5.32 Å². The van der Waals surface area contributed by atoms with Crippen molar-refractivity contribution in [3.05, 3.63) is 90.0 Å². The standard InChI is InChI=1S/C25H24N2O3/c1-17(18-12-14-21(15-13-18)27-24(28)19-10-11-19)26-25(29)20-6-5-9-23(16-20)30-22-7-3-2-4-8-22/h2-9,12-17,19H,10-11H2,1H3,(H,26,29)(H,27,28). The largest absolute Gasteiger partial charge is 0.457 e. The first-order valence-corrected chi connectivity index (χ1v) is 10.1. The van der Waals surface area contributed by atoms with Gasteiger partial charge in [-0.25, -0.2) is 0 Å². The summed E-state index contributed by atoms with van der Waals surface area (Å²) in [4.78, 5) is 24.6. The molecular formula is C25H24N2O3. The summed E-state index contributed by atoms with van der Waals surface area (Å²) in [5, 5.41) is 5.93. The van der Waals surface area contributed by atoms with Gasteiger partial charge in [-0.3, -0.25) is 9.59 Å². The van der Waals surface area contributed by atoms with Crippen molar-refractivity contribution in [2.75, 3.05) is 5.32 Å². The third-order valence-electron chi connectivity index (χ3n) is 5.05. The van der Waals surface area contributed by atoms with Gasteiger partial charge in [0.25, 0.3) is 5.91 Å². The van der Waals surface area contributed by atoms with E-state index in [9.17, 15) is 9.59 Å². The van der Waals surface area contributed by atoms with E-state index in [-0.39, 0.29) is 23.8 Å². The lowest BCUT2D eigenvalue weighted by Crippen LogP contribution is -2.26. The van der Waals surface area contributed by atoms with E-state index in [0.29, 0.717) is 11.3 Å². The molecule has 2 amide bonds. The molecule has 152 valence electrons. The van der Waals surface area contributed by atoms with Crippen LogP contribution in [0.5, 0.6) is 11.5 Å². The van der Waals surface area contributed by atoms with Gasteiger partial charge in [0.05, 0.1) is 6.04 Å². The number of carbonyl (C=O) groups excluding carboxylic acids is 2. The molecule has 2 N–H and O–H groups in total. The van der Waals surface area contributed by atoms with Crippen LogP contribution in [0, 0.1) is 5.92 Å². The second-order valence-corrected chi connectivity index (χ2v) is 7.52. The molecule has 0 heterocycles. The number of amides is 2. The quantitative estimate of drug-likeness (QED) is 0.564. The molecule has 0 saturated heterocycles. The van der Waals surface area contributed by atoms with Gasteiger partial charge < -0.3 is 15.4 Å². The lowest BCUT2D eigenvalue weighted by Gasteiger charge is -2.15. The van der Waals surface area contributed by atoms with Gasteiger partial charge >= 0.3 is 0 Å². The fraction of sp³-hybridized carbons (Fsp3) is 0.200. The van der Waals surface area contributed by atoms with Crippen molar-refractivity contribution in [3.8, 4) is 11.5 Å². The third-order valence-corrected chi connectivity index (χ3v) is 5.05. The maximum atomic E-state index is 12.7. The molecule has 4 rings (SSSR count). The number of carbonyl (C=O) groups is 2. The SMILES string of the molecule is CC(NC(=O)c1cccc(Oc2ccccc2)c1)c1ccc(NC(=O)C2CC2)cc1. The van der Waals surface area contributed by atoms with Crippen LogP contribution >= 0.6 is 0 Å². The minimum Gasteiger partial charge on any atom is -0.457 e. The van der Waals surface area contributed by atoms with Crippen LogP contribution in [-0.4, -0.2) is 11.8 Å². The van der Waals surface area contributed by atoms with Gasteiger partial charge in [-0.2, -0.15) is 0 Å². The van der Waals surface area contributed by atoms with Gasteiger partial charge in [-0.05, 0) is 67.8 Å². The first-order valence-electron chi connectivity index (χ1n) is 10.1. The summed E-state index contributed by atoms with van der Waals surface area (Å²) < 4.78 is 5.81. The zero-order chi connectivity index (χ0) is 20.9. The predicted molar refractivity (Wildman–Crippen MR) is 117 cm³/mol. The lowest BCUT2D eigenvalue weighted by atomic mass is 10.1. The van der Waals surface area contributed by atoms with E-state index in [1.807, 2.05) is 67.6 Å². The molecule has 1 aliphatic rings. The molecule has 1 saturated carbocycles. The van der Waals surface area contributed by atoms with Crippen LogP contribution in [0.2, 0.25) is 0 Å². The molecule has 1 atom stereocenters. The van der Waals surface area contributed by atoms with Gasteiger partial charge in [0, 0.05) is 17.2 Å². The van der Waals surface area contributed by atoms with Crippen LogP contribution in [0.15, 0.2) is 78.9 Å². The summed E-state index contributed by atoms with van der Waals surface area (Å²) in [6.07, 6.45) is 1.95. The van der Waals surface area contributed by atoms with Gasteiger partial charge in [-0.15, -0.1) is 0 Å². The molecule has 1 aliphatic carbocycles. The molecule has 0 aliphatic heterocycles. The lowest BCUT2D eigenvalue weighted by molar-refractivity contribution is -0.117. The van der Waals surface area contributed by atoms with Gasteiger partial charge in [0.2, 0.25) is 5.91 Å². The maximum Gasteiger partial charge on any atom is 0.251 e. The zero-order valence-corrected chi connectivity index (χ0v) is 16.8. The Hall–Kier alpha value is -3.60. The average Bonchev–Trinajstić information content (AvgIpc) is 3.61. The molecule has 0 spiro atoms. The summed E-state index contributed by atoms with van der Waals surface area (Å²) in [7, 11) is 0. The van der Waals surface area contributed by atoms with E-state index in [2.05, 4.69) is 10.6 Å². The molecule has 3 aromatic rings. The fourth-order valence-corrected chi connectivity index (χ4v) is 3.13. The van der Waals surface area contributed by atoms with E-state index in [4.69, 9.17) is 4.74 Å². The summed E-state index contributed by atoms with van der Waals surface area (Å²) >= 11 is 0. The molecule has 5 heteroatoms. The Bertz CT molecular complexity index is 1030. The average molecular weight is 400 g/mol. The number of ether oxygens (including phenoxy) is 1. The van der Waals surface area contributed by atoms with Gasteiger partial charge in [0.15, 0.2) is 0 Å². The highest BCUT2D eigenvalue weighted by Gasteiger charge is 2.29. The van der Waals surface area contributed by atoms with Gasteiger partial charge in [0.1, 0.15) is 11.5 Å². The number of rotatable bonds is 7. The minimum atomic E-state index is -0.176. The Balaban J connectivity index is 1.37. The van der Waals surface area contributed by atoms with Crippen LogP contribution < -0.4 is 15.4 Å². The second kappa shape index (κ2) is 8.82. The van der Waals surface area contributed by atoms with Crippen LogP contribution in [0.3, 0.4) is 0 Å². The molecule has 0 bridgehead atoms. The van der Waals surface area contributed by atoms with Crippen LogP contribution in [-0.2, 0) is 4.79 Å². The molecule has 0 aromatic heterocycles. The number of benzene rings is 3. The predicted octanol–water partition coefficient (Wildman–Crippen LogP) is 5.32. The zero-order valence-electron chi connectivity index (χ0n) is 16.8. The molecule has 30 heavy (non-hydrogen) atoms. The van der Waals surface area contributed by atoms with Crippen molar-refractivity contribution in [2.24, 2.45) is 5.92 Å². The van der Waals surface area contributed by atoms with Crippen molar-refractivity contribution in [1.29, 1.82) is 0 Å². The normalized spacial score (nSPS) is 13.9. The molecule has 1 unspecified atom stereocenters. The van der Waals surface area contributed by atoms with Crippen molar-refractivity contribution < 1.29 is 14.3 Å². The highest BCUT2D eigenvalue weighted by atomic mass is 16.5. The van der Waals surface area contributed by atoms with Crippen molar-refractivity contribution >= 4 is 17.5 Å². The highest BCUT2D eigenvalue weighted by molar-refractivity contribution is 5.95. The minimum absolute atomic E-state index is 0.0849. The second-order valence-electron chi connectivity index (χ2n) is 7.52. The Morgan fingerprint density at radius 1 is 0.900 bits per heavy atom. The Morgan fingerprint density at radius 3 is 2.30 bits per heavy atom. The van der Waals surface area contributed by atoms with E-state index in [1.165, 1.54) is 0 Å². The van der Waals surface area contributed by atoms with Crippen LogP contribution in [0.25, 0.3) is 0 Å². The van der Waals surface area contributed by atoms with E-state index < -0.39 is 0 Å². The molecule has 5 nitrogen and oxygen atoms in total. The Labute approximate surface area is 176 Å². The van der Waals surface area contributed by atoms with Crippen LogP contribution in [0.1, 0.15) is 41.7 Å². The number of hydrogen-bond acceptors (Lipinski definition) is 3. The van der Waals surface area contributed by atoms with Gasteiger partial charge in [-0.1, -0.05) is 36.4 Å². The molecule has 0 radical (unpaired) electrons. The monoisotopic (exact) mass is 400 g/mol. The number of anilines is 1. The highest BCUT2D eigenvalue weighted by Crippen LogP contribution is 2.30. The van der Waals surface area contributed by atoms with Crippen molar-refractivity contribution in [2.45, 2.75) is 25.8 Å². The Morgan fingerprint density at radius 2 is 1.60 bits per heavy atom. The Kier molecular flexibility index (Phi) is 5.80. The van der Waals surface area contributed by atoms with Crippen molar-refractivity contribution in [3.63, 3.8) is 0 Å². The summed E-state index contributed by atoms with van der Waals surface area (Å²) in [5.74, 6) is 1.41. The third kappa shape index (κ3) is 5.06. The topological polar surface area (TPSA) is 67.4 Å². The molecular weight excluding hydrogens is 376 g/mol. The fourth-order valence-electron chi connectivity index (χ4n) is 3.13. The smallest absolute Gasteiger partial charge is 0.251 e. The summed E-state index contributed by atoms with van der Waals surface area (Å²) in [6, 6.07) is 24.0. The number of hydrogen-bond donors (Lipinski definition) is 2. The summed E-state index contributed by atoms with van der Waals surface area (Å²) in [6.45, 7) is 1.93. The number of para-hydroxylation sites is 1. The first-order chi connectivity index (χ1) is 14.6. The maximum absolute atomic E-state index is 12.7. The molecule has 3 aromatic carbocycles.